The molecule has 0 spiro atoms. The number of halogens is 1. The van der Waals surface area contributed by atoms with Crippen LogP contribution in [0.25, 0.3) is 5.57 Å². The van der Waals surface area contributed by atoms with Crippen molar-refractivity contribution >= 4 is 23.7 Å². The van der Waals surface area contributed by atoms with Crippen LogP contribution in [0.4, 0.5) is 5.69 Å². The highest BCUT2D eigenvalue weighted by Gasteiger charge is 2.28. The van der Waals surface area contributed by atoms with Crippen LogP contribution >= 0.6 is 12.4 Å². The molecule has 116 valence electrons. The molecule has 23 heavy (non-hydrogen) atoms. The standard InChI is InChI=1S/C17H13N3O2.ClH/c1-17(2)8-14(15-5-4-12(20-21)10-19-15)13-7-11(9-18)3-6-16(13)22-17;/h3-8,10H,1-2H3;1H. The van der Waals surface area contributed by atoms with Crippen LogP contribution < -0.4 is 4.74 Å². The van der Waals surface area contributed by atoms with Crippen molar-refractivity contribution in [3.05, 3.63) is 64.3 Å². The number of rotatable bonds is 2. The minimum absolute atomic E-state index is 0. The molecule has 2 aromatic rings. The predicted octanol–water partition coefficient (Wildman–Crippen LogP) is 4.38. The largest absolute Gasteiger partial charge is 0.483 e. The lowest BCUT2D eigenvalue weighted by atomic mass is 9.91. The number of nitriles is 1. The molecule has 0 amide bonds. The van der Waals surface area contributed by atoms with Gasteiger partial charge in [0.2, 0.25) is 0 Å². The van der Waals surface area contributed by atoms with Gasteiger partial charge in [-0.3, -0.25) is 4.98 Å². The van der Waals surface area contributed by atoms with Gasteiger partial charge in [0.1, 0.15) is 17.0 Å². The molecule has 0 N–H and O–H groups in total. The molecule has 0 aliphatic carbocycles. The van der Waals surface area contributed by atoms with Crippen LogP contribution in [0, 0.1) is 16.2 Å². The third-order valence-electron chi connectivity index (χ3n) is 3.39. The Bertz CT molecular complexity index is 821. The highest BCUT2D eigenvalue weighted by molar-refractivity contribution is 5.85. The minimum Gasteiger partial charge on any atom is -0.483 e. The normalized spacial score (nSPS) is 14.4. The van der Waals surface area contributed by atoms with Crippen LogP contribution in [0.1, 0.15) is 30.7 Å². The van der Waals surface area contributed by atoms with E-state index in [0.29, 0.717) is 17.0 Å². The Hall–Kier alpha value is -2.71. The molecule has 0 unspecified atom stereocenters. The van der Waals surface area contributed by atoms with Crippen LogP contribution in [0.15, 0.2) is 47.8 Å². The molecule has 1 aliphatic rings. The van der Waals surface area contributed by atoms with Gasteiger partial charge < -0.3 is 4.74 Å². The van der Waals surface area contributed by atoms with Gasteiger partial charge in [0, 0.05) is 11.1 Å². The maximum Gasteiger partial charge on any atom is 0.128 e. The Labute approximate surface area is 140 Å². The van der Waals surface area contributed by atoms with Gasteiger partial charge in [-0.25, -0.2) is 0 Å². The first-order valence-electron chi connectivity index (χ1n) is 6.78. The van der Waals surface area contributed by atoms with Gasteiger partial charge in [-0.1, -0.05) is 0 Å². The lowest BCUT2D eigenvalue weighted by Gasteiger charge is -2.31. The fraction of sp³-hybridized carbons (Fsp3) is 0.176. The molecule has 2 heterocycles. The maximum atomic E-state index is 10.5. The average molecular weight is 328 g/mol. The third kappa shape index (κ3) is 3.22. The number of ether oxygens (including phenoxy) is 1. The molecule has 0 bridgehead atoms. The van der Waals surface area contributed by atoms with Crippen LogP contribution in [-0.4, -0.2) is 10.6 Å². The van der Waals surface area contributed by atoms with E-state index < -0.39 is 5.60 Å². The molecule has 1 aromatic carbocycles. The number of hydrogen-bond acceptors (Lipinski definition) is 5. The second-order valence-corrected chi connectivity index (χ2v) is 5.58. The molecule has 0 radical (unpaired) electrons. The summed E-state index contributed by atoms with van der Waals surface area (Å²) in [6.07, 6.45) is 3.40. The van der Waals surface area contributed by atoms with Crippen LogP contribution in [0.2, 0.25) is 0 Å². The highest BCUT2D eigenvalue weighted by atomic mass is 35.5. The average Bonchev–Trinajstić information content (AvgIpc) is 2.53. The van der Waals surface area contributed by atoms with E-state index in [2.05, 4.69) is 16.2 Å². The molecule has 0 atom stereocenters. The molecule has 0 saturated heterocycles. The fourth-order valence-electron chi connectivity index (χ4n) is 2.45. The Kier molecular flexibility index (Phi) is 4.48. The van der Waals surface area contributed by atoms with E-state index in [1.807, 2.05) is 19.9 Å². The summed E-state index contributed by atoms with van der Waals surface area (Å²) in [5.41, 5.74) is 2.75. The van der Waals surface area contributed by atoms with Gasteiger partial charge in [0.15, 0.2) is 0 Å². The summed E-state index contributed by atoms with van der Waals surface area (Å²) in [6, 6.07) is 10.8. The lowest BCUT2D eigenvalue weighted by Crippen LogP contribution is -2.29. The zero-order valence-corrected chi connectivity index (χ0v) is 13.4. The minimum atomic E-state index is -0.486. The summed E-state index contributed by atoms with van der Waals surface area (Å²) >= 11 is 0. The van der Waals surface area contributed by atoms with E-state index in [4.69, 9.17) is 10.00 Å². The van der Waals surface area contributed by atoms with Gasteiger partial charge in [0.05, 0.1) is 23.5 Å². The molecule has 1 aromatic heterocycles. The second-order valence-electron chi connectivity index (χ2n) is 5.58. The van der Waals surface area contributed by atoms with Crippen molar-refractivity contribution in [3.8, 4) is 11.8 Å². The first kappa shape index (κ1) is 16.7. The zero-order chi connectivity index (χ0) is 15.7. The number of fused-ring (bicyclic) bond motifs is 1. The summed E-state index contributed by atoms with van der Waals surface area (Å²) in [4.78, 5) is 14.8. The molecule has 3 rings (SSSR count). The maximum absolute atomic E-state index is 10.5. The predicted molar refractivity (Wildman–Crippen MR) is 89.9 cm³/mol. The van der Waals surface area contributed by atoms with Crippen molar-refractivity contribution in [2.45, 2.75) is 19.4 Å². The molecular formula is C17H14ClN3O2. The van der Waals surface area contributed by atoms with E-state index >= 15 is 0 Å². The number of aromatic nitrogens is 1. The molecule has 0 saturated carbocycles. The van der Waals surface area contributed by atoms with Crippen LogP contribution in [0.5, 0.6) is 5.75 Å². The van der Waals surface area contributed by atoms with Gasteiger partial charge in [0.25, 0.3) is 0 Å². The third-order valence-corrected chi connectivity index (χ3v) is 3.39. The van der Waals surface area contributed by atoms with E-state index in [9.17, 15) is 4.91 Å². The topological polar surface area (TPSA) is 75.3 Å². The first-order chi connectivity index (χ1) is 10.5. The molecule has 5 nitrogen and oxygen atoms in total. The van der Waals surface area contributed by atoms with Crippen molar-refractivity contribution < 1.29 is 4.74 Å². The van der Waals surface area contributed by atoms with Gasteiger partial charge in [-0.05, 0) is 55.4 Å². The number of pyridine rings is 1. The van der Waals surface area contributed by atoms with E-state index in [1.54, 1.807) is 30.3 Å². The van der Waals surface area contributed by atoms with Crippen molar-refractivity contribution in [2.75, 3.05) is 0 Å². The summed E-state index contributed by atoms with van der Waals surface area (Å²) in [6.45, 7) is 3.91. The Morgan fingerprint density at radius 2 is 2.04 bits per heavy atom. The molecular weight excluding hydrogens is 314 g/mol. The highest BCUT2D eigenvalue weighted by Crippen LogP contribution is 2.39. The summed E-state index contributed by atoms with van der Waals surface area (Å²) in [7, 11) is 0. The van der Waals surface area contributed by atoms with Crippen LogP contribution in [0.3, 0.4) is 0 Å². The zero-order valence-electron chi connectivity index (χ0n) is 12.6. The Morgan fingerprint density at radius 3 is 2.65 bits per heavy atom. The summed E-state index contributed by atoms with van der Waals surface area (Å²) in [5, 5.41) is 12.0. The number of nitrogens with zero attached hydrogens (tertiary/aromatic N) is 3. The molecule has 0 fully saturated rings. The lowest BCUT2D eigenvalue weighted by molar-refractivity contribution is 0.158. The Balaban J connectivity index is 0.00000192. The van der Waals surface area contributed by atoms with E-state index in [0.717, 1.165) is 11.1 Å². The first-order valence-corrected chi connectivity index (χ1v) is 6.78. The molecule has 6 heteroatoms. The fourth-order valence-corrected chi connectivity index (χ4v) is 2.45. The summed E-state index contributed by atoms with van der Waals surface area (Å²) < 4.78 is 5.93. The van der Waals surface area contributed by atoms with Gasteiger partial charge in [-0.15, -0.1) is 17.3 Å². The quantitative estimate of drug-likeness (QED) is 0.767. The molecule has 1 aliphatic heterocycles. The number of nitroso groups, excluding NO2 is 1. The number of hydrogen-bond donors (Lipinski definition) is 0. The second kappa shape index (κ2) is 6.19. The summed E-state index contributed by atoms with van der Waals surface area (Å²) in [5.74, 6) is 0.709. The van der Waals surface area contributed by atoms with Crippen molar-refractivity contribution in [1.29, 1.82) is 5.26 Å². The van der Waals surface area contributed by atoms with Crippen molar-refractivity contribution in [3.63, 3.8) is 0 Å². The van der Waals surface area contributed by atoms with Crippen LogP contribution in [-0.2, 0) is 0 Å². The van der Waals surface area contributed by atoms with Gasteiger partial charge in [-0.2, -0.15) is 5.26 Å². The Morgan fingerprint density at radius 1 is 1.26 bits per heavy atom. The SMILES string of the molecule is CC1(C)C=C(c2ccc(N=O)cn2)c2cc(C#N)ccc2O1.Cl. The van der Waals surface area contributed by atoms with Crippen molar-refractivity contribution in [2.24, 2.45) is 5.18 Å². The monoisotopic (exact) mass is 327 g/mol. The van der Waals surface area contributed by atoms with Crippen molar-refractivity contribution in [1.82, 2.24) is 4.98 Å². The smallest absolute Gasteiger partial charge is 0.128 e. The van der Waals surface area contributed by atoms with E-state index in [-0.39, 0.29) is 18.1 Å². The van der Waals surface area contributed by atoms with Gasteiger partial charge >= 0.3 is 0 Å². The van der Waals surface area contributed by atoms with E-state index in [1.165, 1.54) is 6.20 Å². The number of benzene rings is 1.